The summed E-state index contributed by atoms with van der Waals surface area (Å²) in [5, 5.41) is 4.16. The van der Waals surface area contributed by atoms with Gasteiger partial charge in [0.15, 0.2) is 0 Å². The first-order valence-electron chi connectivity index (χ1n) is 8.53. The highest BCUT2D eigenvalue weighted by molar-refractivity contribution is 6.26. The van der Waals surface area contributed by atoms with E-state index in [1.54, 1.807) is 18.2 Å². The van der Waals surface area contributed by atoms with Crippen LogP contribution in [0.1, 0.15) is 26.3 Å². The first kappa shape index (κ1) is 15.1. The quantitative estimate of drug-likeness (QED) is 0.295. The van der Waals surface area contributed by atoms with E-state index in [0.29, 0.717) is 21.7 Å². The minimum Gasteiger partial charge on any atom is -0.456 e. The first-order valence-corrected chi connectivity index (χ1v) is 8.53. The summed E-state index contributed by atoms with van der Waals surface area (Å²) in [4.78, 5) is 24.3. The number of fused-ring (bicyclic) bond motifs is 2. The Morgan fingerprint density at radius 3 is 1.96 bits per heavy atom. The molecule has 0 saturated heterocycles. The molecule has 0 aliphatic rings. The summed E-state index contributed by atoms with van der Waals surface area (Å²) in [6.45, 7) is 6.49. The van der Waals surface area contributed by atoms with Crippen LogP contribution < -0.4 is 11.3 Å². The minimum absolute atomic E-state index is 0.00141. The SMILES string of the molecule is CC(C)(C)c1ccc2oc3ccc4c(=O)oc(=O)c5ccc(c2c1)c3c45. The van der Waals surface area contributed by atoms with E-state index < -0.39 is 11.3 Å². The largest absolute Gasteiger partial charge is 0.456 e. The molecule has 0 amide bonds. The lowest BCUT2D eigenvalue weighted by Crippen LogP contribution is -2.12. The lowest BCUT2D eigenvalue weighted by Gasteiger charge is -2.20. The first-order chi connectivity index (χ1) is 12.3. The summed E-state index contributed by atoms with van der Waals surface area (Å²) in [5.74, 6) is 0. The number of hydrogen-bond acceptors (Lipinski definition) is 4. The molecule has 0 bridgehead atoms. The lowest BCUT2D eigenvalue weighted by molar-refractivity contribution is 0.489. The topological polar surface area (TPSA) is 60.4 Å². The zero-order chi connectivity index (χ0) is 18.2. The van der Waals surface area contributed by atoms with Crippen LogP contribution in [0.5, 0.6) is 0 Å². The van der Waals surface area contributed by atoms with Crippen LogP contribution >= 0.6 is 0 Å². The molecule has 0 atom stereocenters. The average molecular weight is 344 g/mol. The Kier molecular flexibility index (Phi) is 2.75. The Hall–Kier alpha value is -3.14. The summed E-state index contributed by atoms with van der Waals surface area (Å²) in [5.41, 5.74) is 1.40. The molecule has 2 aromatic heterocycles. The molecule has 0 unspecified atom stereocenters. The van der Waals surface area contributed by atoms with Crippen LogP contribution in [0.4, 0.5) is 0 Å². The number of benzene rings is 3. The van der Waals surface area contributed by atoms with Gasteiger partial charge in [0.25, 0.3) is 0 Å². The van der Waals surface area contributed by atoms with Crippen molar-refractivity contribution >= 4 is 43.5 Å². The highest BCUT2D eigenvalue weighted by Crippen LogP contribution is 2.38. The van der Waals surface area contributed by atoms with E-state index in [4.69, 9.17) is 8.83 Å². The molecule has 0 fully saturated rings. The van der Waals surface area contributed by atoms with Crippen LogP contribution in [0.25, 0.3) is 43.5 Å². The second-order valence-corrected chi connectivity index (χ2v) is 7.76. The third kappa shape index (κ3) is 1.90. The maximum atomic E-state index is 12.2. The molecule has 4 heteroatoms. The van der Waals surface area contributed by atoms with Gasteiger partial charge in [0, 0.05) is 16.2 Å². The summed E-state index contributed by atoms with van der Waals surface area (Å²) >= 11 is 0. The predicted molar refractivity (Wildman–Crippen MR) is 103 cm³/mol. The molecule has 5 aromatic rings. The van der Waals surface area contributed by atoms with Gasteiger partial charge < -0.3 is 8.83 Å². The standard InChI is InChI=1S/C22H16O4/c1-22(2,3)11-4-8-16-15(10-11)12-5-6-13-18-14(21(24)26-20(13)23)7-9-17(25-16)19(12)18/h4-10H,1-3H3. The number of hydrogen-bond donors (Lipinski definition) is 0. The molecule has 4 nitrogen and oxygen atoms in total. The highest BCUT2D eigenvalue weighted by atomic mass is 16.4. The summed E-state index contributed by atoms with van der Waals surface area (Å²) in [6, 6.07) is 13.3. The van der Waals surface area contributed by atoms with Crippen molar-refractivity contribution in [2.75, 3.05) is 0 Å². The minimum atomic E-state index is -0.611. The van der Waals surface area contributed by atoms with Gasteiger partial charge in [0.2, 0.25) is 0 Å². The molecule has 0 saturated carbocycles. The third-order valence-electron chi connectivity index (χ3n) is 5.10. The van der Waals surface area contributed by atoms with Gasteiger partial charge >= 0.3 is 11.3 Å². The zero-order valence-electron chi connectivity index (χ0n) is 14.7. The van der Waals surface area contributed by atoms with Crippen LogP contribution in [-0.2, 0) is 5.41 Å². The van der Waals surface area contributed by atoms with Crippen molar-refractivity contribution in [1.29, 1.82) is 0 Å². The van der Waals surface area contributed by atoms with Crippen molar-refractivity contribution in [3.63, 3.8) is 0 Å². The zero-order valence-corrected chi connectivity index (χ0v) is 14.7. The molecule has 0 spiro atoms. The van der Waals surface area contributed by atoms with Crippen LogP contribution in [0, 0.1) is 0 Å². The Morgan fingerprint density at radius 1 is 0.654 bits per heavy atom. The summed E-state index contributed by atoms with van der Waals surface area (Å²) in [7, 11) is 0. The van der Waals surface area contributed by atoms with Gasteiger partial charge in [-0.05, 0) is 46.7 Å². The Balaban J connectivity index is 2.09. The molecule has 128 valence electrons. The van der Waals surface area contributed by atoms with Crippen molar-refractivity contribution in [3.05, 3.63) is 68.9 Å². The monoisotopic (exact) mass is 344 g/mol. The van der Waals surface area contributed by atoms with E-state index in [-0.39, 0.29) is 5.41 Å². The Labute approximate surface area is 148 Å². The van der Waals surface area contributed by atoms with Gasteiger partial charge in [0.05, 0.1) is 10.8 Å². The maximum absolute atomic E-state index is 12.2. The van der Waals surface area contributed by atoms with Crippen molar-refractivity contribution in [1.82, 2.24) is 0 Å². The molecule has 0 radical (unpaired) electrons. The van der Waals surface area contributed by atoms with Crippen LogP contribution in [0.15, 0.2) is 60.9 Å². The molecule has 2 heterocycles. The average Bonchev–Trinajstić information content (AvgIpc) is 2.60. The fourth-order valence-electron chi connectivity index (χ4n) is 3.72. The maximum Gasteiger partial charge on any atom is 0.346 e. The fraction of sp³-hybridized carbons (Fsp3) is 0.182. The smallest absolute Gasteiger partial charge is 0.346 e. The van der Waals surface area contributed by atoms with Gasteiger partial charge in [-0.2, -0.15) is 0 Å². The van der Waals surface area contributed by atoms with Gasteiger partial charge in [-0.15, -0.1) is 0 Å². The lowest BCUT2D eigenvalue weighted by atomic mass is 9.86. The van der Waals surface area contributed by atoms with Gasteiger partial charge in [-0.25, -0.2) is 9.59 Å². The normalized spacial score (nSPS) is 12.7. The van der Waals surface area contributed by atoms with Crippen molar-refractivity contribution in [2.45, 2.75) is 26.2 Å². The molecular weight excluding hydrogens is 328 g/mol. The van der Waals surface area contributed by atoms with Crippen molar-refractivity contribution < 1.29 is 8.83 Å². The fourth-order valence-corrected chi connectivity index (χ4v) is 3.72. The van der Waals surface area contributed by atoms with E-state index >= 15 is 0 Å². The second kappa shape index (κ2) is 4.73. The van der Waals surface area contributed by atoms with E-state index in [9.17, 15) is 9.59 Å². The second-order valence-electron chi connectivity index (χ2n) is 7.76. The summed E-state index contributed by atoms with van der Waals surface area (Å²) < 4.78 is 11.0. The van der Waals surface area contributed by atoms with Crippen LogP contribution in [0.2, 0.25) is 0 Å². The highest BCUT2D eigenvalue weighted by Gasteiger charge is 2.19. The number of rotatable bonds is 0. The molecule has 26 heavy (non-hydrogen) atoms. The predicted octanol–water partition coefficient (Wildman–Crippen LogP) is 4.94. The third-order valence-corrected chi connectivity index (χ3v) is 5.10. The molecule has 0 aliphatic carbocycles. The van der Waals surface area contributed by atoms with Crippen LogP contribution in [-0.4, -0.2) is 0 Å². The van der Waals surface area contributed by atoms with Gasteiger partial charge in [0.1, 0.15) is 11.2 Å². The van der Waals surface area contributed by atoms with Gasteiger partial charge in [-0.1, -0.05) is 32.9 Å². The van der Waals surface area contributed by atoms with E-state index in [1.165, 1.54) is 5.56 Å². The van der Waals surface area contributed by atoms with E-state index in [1.807, 2.05) is 12.1 Å². The van der Waals surface area contributed by atoms with E-state index in [0.717, 1.165) is 21.7 Å². The van der Waals surface area contributed by atoms with Crippen molar-refractivity contribution in [3.8, 4) is 0 Å². The Morgan fingerprint density at radius 2 is 1.27 bits per heavy atom. The molecule has 0 N–H and O–H groups in total. The summed E-state index contributed by atoms with van der Waals surface area (Å²) in [6.07, 6.45) is 0. The van der Waals surface area contributed by atoms with Gasteiger partial charge in [-0.3, -0.25) is 0 Å². The molecule has 0 aliphatic heterocycles. The Bertz CT molecular complexity index is 1420. The molecule has 5 rings (SSSR count). The molecular formula is C22H16O4. The van der Waals surface area contributed by atoms with Crippen molar-refractivity contribution in [2.24, 2.45) is 0 Å². The van der Waals surface area contributed by atoms with Crippen LogP contribution in [0.3, 0.4) is 0 Å². The van der Waals surface area contributed by atoms with E-state index in [2.05, 4.69) is 32.9 Å². The molecule has 3 aromatic carbocycles.